The van der Waals surface area contributed by atoms with Gasteiger partial charge < -0.3 is 19.5 Å². The molecule has 1 rings (SSSR count). The van der Waals surface area contributed by atoms with Crippen LogP contribution in [-0.2, 0) is 11.3 Å². The van der Waals surface area contributed by atoms with Gasteiger partial charge in [0.25, 0.3) is 0 Å². The summed E-state index contributed by atoms with van der Waals surface area (Å²) in [5.41, 5.74) is 0.967. The molecule has 1 unspecified atom stereocenters. The lowest BCUT2D eigenvalue weighted by Gasteiger charge is -2.16. The molecule has 0 fully saturated rings. The van der Waals surface area contributed by atoms with E-state index in [1.54, 1.807) is 14.2 Å². The second-order valence-corrected chi connectivity index (χ2v) is 4.29. The van der Waals surface area contributed by atoms with Crippen molar-refractivity contribution in [2.45, 2.75) is 26.0 Å². The highest BCUT2D eigenvalue weighted by Gasteiger charge is 2.11. The molecule has 0 aliphatic carbocycles. The lowest BCUT2D eigenvalue weighted by atomic mass is 10.1. The zero-order valence-corrected chi connectivity index (χ0v) is 12.3. The van der Waals surface area contributed by atoms with E-state index in [1.807, 2.05) is 25.1 Å². The predicted molar refractivity (Wildman–Crippen MR) is 76.9 cm³/mol. The van der Waals surface area contributed by atoms with E-state index in [0.717, 1.165) is 17.9 Å². The Morgan fingerprint density at radius 1 is 1.35 bits per heavy atom. The second-order valence-electron chi connectivity index (χ2n) is 4.29. The maximum absolute atomic E-state index is 8.99. The minimum Gasteiger partial charge on any atom is -0.497 e. The first-order valence-electron chi connectivity index (χ1n) is 6.68. The molecule has 0 bridgehead atoms. The highest BCUT2D eigenvalue weighted by molar-refractivity contribution is 5.40. The van der Waals surface area contributed by atoms with Crippen molar-refractivity contribution >= 4 is 0 Å². The SMILES string of the molecule is CCC(C#N)Oc1ccc(OC)cc1CNCCOC. The Hall–Kier alpha value is -1.77. The number of nitrogens with one attached hydrogen (secondary N) is 1. The van der Waals surface area contributed by atoms with Crippen molar-refractivity contribution in [1.82, 2.24) is 5.32 Å². The van der Waals surface area contributed by atoms with Crippen molar-refractivity contribution in [3.8, 4) is 17.6 Å². The van der Waals surface area contributed by atoms with Gasteiger partial charge in [-0.2, -0.15) is 5.26 Å². The van der Waals surface area contributed by atoms with Gasteiger partial charge >= 0.3 is 0 Å². The number of hydrogen-bond donors (Lipinski definition) is 1. The fourth-order valence-electron chi connectivity index (χ4n) is 1.69. The molecule has 1 atom stereocenters. The van der Waals surface area contributed by atoms with Crippen LogP contribution in [0.15, 0.2) is 18.2 Å². The highest BCUT2D eigenvalue weighted by atomic mass is 16.5. The summed E-state index contributed by atoms with van der Waals surface area (Å²) in [6.07, 6.45) is 0.222. The molecule has 0 saturated carbocycles. The maximum atomic E-state index is 8.99. The number of ether oxygens (including phenoxy) is 3. The molecule has 0 amide bonds. The number of rotatable bonds is 9. The lowest BCUT2D eigenvalue weighted by Crippen LogP contribution is -2.20. The molecule has 5 heteroatoms. The smallest absolute Gasteiger partial charge is 0.184 e. The van der Waals surface area contributed by atoms with Gasteiger partial charge in [0.15, 0.2) is 6.10 Å². The fraction of sp³-hybridized carbons (Fsp3) is 0.533. The third-order valence-electron chi connectivity index (χ3n) is 2.85. The van der Waals surface area contributed by atoms with Crippen LogP contribution in [0.2, 0.25) is 0 Å². The van der Waals surface area contributed by atoms with Gasteiger partial charge in [-0.05, 0) is 24.6 Å². The van der Waals surface area contributed by atoms with E-state index in [4.69, 9.17) is 19.5 Å². The zero-order chi connectivity index (χ0) is 14.8. The Bertz CT molecular complexity index is 443. The maximum Gasteiger partial charge on any atom is 0.184 e. The Balaban J connectivity index is 2.78. The van der Waals surface area contributed by atoms with Crippen LogP contribution in [0.5, 0.6) is 11.5 Å². The zero-order valence-electron chi connectivity index (χ0n) is 12.3. The van der Waals surface area contributed by atoms with E-state index < -0.39 is 6.10 Å². The molecule has 110 valence electrons. The molecule has 0 saturated heterocycles. The van der Waals surface area contributed by atoms with Crippen LogP contribution in [0.4, 0.5) is 0 Å². The summed E-state index contributed by atoms with van der Waals surface area (Å²) in [4.78, 5) is 0. The van der Waals surface area contributed by atoms with Crippen molar-refractivity contribution in [3.63, 3.8) is 0 Å². The number of benzene rings is 1. The molecule has 20 heavy (non-hydrogen) atoms. The number of hydrogen-bond acceptors (Lipinski definition) is 5. The molecule has 1 N–H and O–H groups in total. The summed E-state index contributed by atoms with van der Waals surface area (Å²) in [7, 11) is 3.29. The fourth-order valence-corrected chi connectivity index (χ4v) is 1.69. The summed E-state index contributed by atoms with van der Waals surface area (Å²) in [6, 6.07) is 7.73. The lowest BCUT2D eigenvalue weighted by molar-refractivity contribution is 0.198. The summed E-state index contributed by atoms with van der Waals surface area (Å²) in [5, 5.41) is 12.3. The third-order valence-corrected chi connectivity index (χ3v) is 2.85. The van der Waals surface area contributed by atoms with E-state index in [-0.39, 0.29) is 0 Å². The van der Waals surface area contributed by atoms with E-state index >= 15 is 0 Å². The molecule has 0 aromatic heterocycles. The Labute approximate surface area is 120 Å². The number of nitriles is 1. The van der Waals surface area contributed by atoms with Crippen molar-refractivity contribution in [2.24, 2.45) is 0 Å². The minimum absolute atomic E-state index is 0.430. The average molecular weight is 278 g/mol. The van der Waals surface area contributed by atoms with Crippen molar-refractivity contribution < 1.29 is 14.2 Å². The molecular weight excluding hydrogens is 256 g/mol. The molecular formula is C15H22N2O3. The summed E-state index contributed by atoms with van der Waals surface area (Å²) in [6.45, 7) is 3.96. The number of nitrogens with zero attached hydrogens (tertiary/aromatic N) is 1. The van der Waals surface area contributed by atoms with Gasteiger partial charge in [-0.1, -0.05) is 6.92 Å². The topological polar surface area (TPSA) is 63.5 Å². The monoisotopic (exact) mass is 278 g/mol. The van der Waals surface area contributed by atoms with Gasteiger partial charge in [0.2, 0.25) is 0 Å². The van der Waals surface area contributed by atoms with Crippen LogP contribution < -0.4 is 14.8 Å². The molecule has 0 aliphatic rings. The summed E-state index contributed by atoms with van der Waals surface area (Å²) < 4.78 is 15.9. The minimum atomic E-state index is -0.430. The second kappa shape index (κ2) is 9.18. The van der Waals surface area contributed by atoms with Gasteiger partial charge in [-0.15, -0.1) is 0 Å². The first kappa shape index (κ1) is 16.3. The first-order valence-corrected chi connectivity index (χ1v) is 6.68. The molecule has 5 nitrogen and oxygen atoms in total. The standard InChI is InChI=1S/C15H22N2O3/c1-4-13(10-16)20-15-6-5-14(19-3)9-12(15)11-17-7-8-18-2/h5-6,9,13,17H,4,7-8,11H2,1-3H3. The molecule has 0 heterocycles. The summed E-state index contributed by atoms with van der Waals surface area (Å²) in [5.74, 6) is 1.48. The van der Waals surface area contributed by atoms with Gasteiger partial charge in [-0.25, -0.2) is 0 Å². The van der Waals surface area contributed by atoms with Crippen LogP contribution in [0.1, 0.15) is 18.9 Å². The molecule has 0 aliphatic heterocycles. The Morgan fingerprint density at radius 2 is 2.15 bits per heavy atom. The Morgan fingerprint density at radius 3 is 2.75 bits per heavy atom. The van der Waals surface area contributed by atoms with E-state index in [1.165, 1.54) is 0 Å². The van der Waals surface area contributed by atoms with E-state index in [0.29, 0.717) is 25.3 Å². The van der Waals surface area contributed by atoms with Crippen LogP contribution >= 0.6 is 0 Å². The highest BCUT2D eigenvalue weighted by Crippen LogP contribution is 2.25. The van der Waals surface area contributed by atoms with Crippen LogP contribution in [-0.4, -0.2) is 33.5 Å². The van der Waals surface area contributed by atoms with Crippen molar-refractivity contribution in [3.05, 3.63) is 23.8 Å². The van der Waals surface area contributed by atoms with E-state index in [9.17, 15) is 0 Å². The third kappa shape index (κ3) is 5.08. The van der Waals surface area contributed by atoms with Crippen molar-refractivity contribution in [2.75, 3.05) is 27.4 Å². The van der Waals surface area contributed by atoms with Gasteiger partial charge in [-0.3, -0.25) is 0 Å². The molecule has 0 spiro atoms. The van der Waals surface area contributed by atoms with Crippen LogP contribution in [0.3, 0.4) is 0 Å². The van der Waals surface area contributed by atoms with Crippen LogP contribution in [0.25, 0.3) is 0 Å². The first-order chi connectivity index (χ1) is 9.74. The van der Waals surface area contributed by atoms with Crippen LogP contribution in [0, 0.1) is 11.3 Å². The average Bonchev–Trinajstić information content (AvgIpc) is 2.50. The summed E-state index contributed by atoms with van der Waals surface area (Å²) >= 11 is 0. The quantitative estimate of drug-likeness (QED) is 0.701. The molecule has 0 radical (unpaired) electrons. The largest absolute Gasteiger partial charge is 0.497 e. The van der Waals surface area contributed by atoms with Gasteiger partial charge in [0.1, 0.15) is 17.6 Å². The predicted octanol–water partition coefficient (Wildman–Crippen LogP) is 2.11. The molecule has 1 aromatic rings. The van der Waals surface area contributed by atoms with Crippen molar-refractivity contribution in [1.29, 1.82) is 5.26 Å². The normalized spacial score (nSPS) is 11.7. The molecule has 1 aromatic carbocycles. The van der Waals surface area contributed by atoms with E-state index in [2.05, 4.69) is 11.4 Å². The Kier molecular flexibility index (Phi) is 7.48. The van der Waals surface area contributed by atoms with Gasteiger partial charge in [0, 0.05) is 25.8 Å². The van der Waals surface area contributed by atoms with Gasteiger partial charge in [0.05, 0.1) is 13.7 Å². The number of methoxy groups -OCH3 is 2.